The number of methoxy groups -OCH3 is 1. The summed E-state index contributed by atoms with van der Waals surface area (Å²) < 4.78 is 9.04. The van der Waals surface area contributed by atoms with Crippen LogP contribution in [0.25, 0.3) is 28.2 Å². The van der Waals surface area contributed by atoms with Gasteiger partial charge in [0.25, 0.3) is 0 Å². The van der Waals surface area contributed by atoms with Crippen LogP contribution in [0.4, 0.5) is 5.82 Å². The predicted molar refractivity (Wildman–Crippen MR) is 117 cm³/mol. The maximum Gasteiger partial charge on any atom is 0.155 e. The molecule has 0 fully saturated rings. The molecule has 32 heavy (non-hydrogen) atoms. The predicted octanol–water partition coefficient (Wildman–Crippen LogP) is 2.16. The number of anilines is 1. The van der Waals surface area contributed by atoms with E-state index in [0.717, 1.165) is 24.8 Å². The first-order chi connectivity index (χ1) is 15.6. The molecule has 11 nitrogen and oxygen atoms in total. The van der Waals surface area contributed by atoms with E-state index in [9.17, 15) is 5.11 Å². The lowest BCUT2D eigenvalue weighted by molar-refractivity contribution is 0.0818. The van der Waals surface area contributed by atoms with E-state index < -0.39 is 0 Å². The van der Waals surface area contributed by atoms with Crippen LogP contribution >= 0.6 is 0 Å². The van der Waals surface area contributed by atoms with Gasteiger partial charge in [0.1, 0.15) is 17.1 Å². The molecule has 4 N–H and O–H groups in total. The number of aliphatic hydroxyl groups excluding tert-OH is 1. The zero-order valence-corrected chi connectivity index (χ0v) is 17.8. The van der Waals surface area contributed by atoms with Crippen molar-refractivity contribution in [2.75, 3.05) is 12.8 Å². The fourth-order valence-corrected chi connectivity index (χ4v) is 3.62. The highest BCUT2D eigenvalue weighted by Gasteiger charge is 2.18. The summed E-state index contributed by atoms with van der Waals surface area (Å²) in [4.78, 5) is 4.78. The van der Waals surface area contributed by atoms with E-state index in [2.05, 4.69) is 26.5 Å². The van der Waals surface area contributed by atoms with Crippen LogP contribution in [0.5, 0.6) is 0 Å². The Bertz CT molecular complexity index is 1230. The van der Waals surface area contributed by atoms with E-state index in [1.54, 1.807) is 34.8 Å². The van der Waals surface area contributed by atoms with Gasteiger partial charge in [-0.3, -0.25) is 9.78 Å². The van der Waals surface area contributed by atoms with E-state index in [4.69, 9.17) is 20.7 Å². The minimum absolute atomic E-state index is 0.0561. The maximum absolute atomic E-state index is 9.32. The van der Waals surface area contributed by atoms with Gasteiger partial charge in [-0.05, 0) is 31.4 Å². The van der Waals surface area contributed by atoms with E-state index in [1.165, 1.54) is 0 Å². The quantitative estimate of drug-likeness (QED) is 0.320. The summed E-state index contributed by atoms with van der Waals surface area (Å²) in [7, 11) is 1.68. The standard InChI is InChI=1S/C21H25N9O2/c1-32-15(4-2-3-7-22)6-9-29-11-16(21(23)28-29)20-19-5-8-24-30(19)12-18(25-20)17-10-14(13-31)26-27-17/h5,8,10-12,15,31H,2-4,6,9,13H2,1H3,(H2,23,28)(H,26,27)/t15-/m1/s1. The van der Waals surface area contributed by atoms with Gasteiger partial charge in [0.15, 0.2) is 5.82 Å². The molecular weight excluding hydrogens is 410 g/mol. The molecule has 0 aliphatic rings. The largest absolute Gasteiger partial charge is 0.390 e. The molecule has 0 saturated carbocycles. The third-order valence-corrected chi connectivity index (χ3v) is 5.33. The Morgan fingerprint density at radius 2 is 2.19 bits per heavy atom. The van der Waals surface area contributed by atoms with Crippen molar-refractivity contribution >= 4 is 11.3 Å². The van der Waals surface area contributed by atoms with E-state index >= 15 is 0 Å². The Balaban J connectivity index is 1.61. The fourth-order valence-electron chi connectivity index (χ4n) is 3.62. The molecule has 0 unspecified atom stereocenters. The molecule has 0 saturated heterocycles. The van der Waals surface area contributed by atoms with Crippen LogP contribution in [0.3, 0.4) is 0 Å². The van der Waals surface area contributed by atoms with Gasteiger partial charge >= 0.3 is 0 Å². The van der Waals surface area contributed by atoms with E-state index in [0.29, 0.717) is 47.1 Å². The number of unbranched alkanes of at least 4 members (excludes halogenated alkanes) is 1. The van der Waals surface area contributed by atoms with Crippen molar-refractivity contribution < 1.29 is 9.84 Å². The highest BCUT2D eigenvalue weighted by molar-refractivity contribution is 5.83. The molecule has 0 bridgehead atoms. The van der Waals surface area contributed by atoms with Gasteiger partial charge in [-0.2, -0.15) is 20.6 Å². The summed E-state index contributed by atoms with van der Waals surface area (Å²) in [6, 6.07) is 5.77. The van der Waals surface area contributed by atoms with Gasteiger partial charge in [-0.25, -0.2) is 9.50 Å². The number of aromatic amines is 1. The number of nitrogens with two attached hydrogens (primary N) is 1. The first-order valence-electron chi connectivity index (χ1n) is 10.4. The number of aromatic nitrogens is 7. The first kappa shape index (κ1) is 21.5. The number of hydrogen-bond acceptors (Lipinski definition) is 8. The van der Waals surface area contributed by atoms with Crippen LogP contribution < -0.4 is 5.73 Å². The van der Waals surface area contributed by atoms with Crippen molar-refractivity contribution in [2.24, 2.45) is 0 Å². The Hall–Kier alpha value is -3.75. The SMILES string of the molecule is CO[C@H](CCCC#N)CCn1cc(-c2nc(-c3cc(CO)[nH]n3)cn3nccc23)c(N)n1. The molecule has 4 aromatic rings. The Kier molecular flexibility index (Phi) is 6.44. The van der Waals surface area contributed by atoms with E-state index in [1.807, 2.05) is 12.3 Å². The van der Waals surface area contributed by atoms with Gasteiger partial charge < -0.3 is 15.6 Å². The van der Waals surface area contributed by atoms with Gasteiger partial charge in [-0.15, -0.1) is 0 Å². The number of hydrogen-bond donors (Lipinski definition) is 3. The summed E-state index contributed by atoms with van der Waals surface area (Å²) in [5.41, 5.74) is 10.2. The van der Waals surface area contributed by atoms with Crippen LogP contribution in [-0.2, 0) is 17.9 Å². The van der Waals surface area contributed by atoms with Crippen molar-refractivity contribution in [1.29, 1.82) is 5.26 Å². The number of ether oxygens (including phenoxy) is 1. The van der Waals surface area contributed by atoms with Crippen molar-refractivity contribution in [2.45, 2.75) is 44.9 Å². The Morgan fingerprint density at radius 3 is 2.94 bits per heavy atom. The second kappa shape index (κ2) is 9.59. The van der Waals surface area contributed by atoms with Gasteiger partial charge in [-0.1, -0.05) is 0 Å². The molecule has 0 aromatic carbocycles. The number of aliphatic hydroxyl groups is 1. The zero-order valence-electron chi connectivity index (χ0n) is 17.8. The average molecular weight is 435 g/mol. The van der Waals surface area contributed by atoms with E-state index in [-0.39, 0.29) is 12.7 Å². The van der Waals surface area contributed by atoms with Crippen molar-refractivity contribution in [3.8, 4) is 28.7 Å². The molecule has 0 aliphatic carbocycles. The average Bonchev–Trinajstić information content (AvgIpc) is 3.54. The highest BCUT2D eigenvalue weighted by atomic mass is 16.5. The molecular formula is C21H25N9O2. The lowest BCUT2D eigenvalue weighted by atomic mass is 10.1. The Labute approximate surface area is 184 Å². The molecule has 0 amide bonds. The van der Waals surface area contributed by atoms with Crippen LogP contribution in [0.1, 0.15) is 31.4 Å². The fraction of sp³-hybridized carbons (Fsp3) is 0.381. The molecule has 4 rings (SSSR count). The third kappa shape index (κ3) is 4.46. The van der Waals surface area contributed by atoms with Gasteiger partial charge in [0.2, 0.25) is 0 Å². The summed E-state index contributed by atoms with van der Waals surface area (Å²) in [5.74, 6) is 0.370. The highest BCUT2D eigenvalue weighted by Crippen LogP contribution is 2.30. The number of fused-ring (bicyclic) bond motifs is 1. The minimum atomic E-state index is -0.136. The smallest absolute Gasteiger partial charge is 0.155 e. The minimum Gasteiger partial charge on any atom is -0.390 e. The van der Waals surface area contributed by atoms with Crippen LogP contribution in [0, 0.1) is 11.3 Å². The lowest BCUT2D eigenvalue weighted by Crippen LogP contribution is -2.14. The number of nitriles is 1. The molecule has 4 aromatic heterocycles. The topological polar surface area (TPSA) is 156 Å². The van der Waals surface area contributed by atoms with Crippen LogP contribution in [0.15, 0.2) is 30.7 Å². The number of H-pyrrole nitrogens is 1. The molecule has 1 atom stereocenters. The molecule has 11 heteroatoms. The summed E-state index contributed by atoms with van der Waals surface area (Å²) in [6.07, 6.45) is 8.32. The number of aryl methyl sites for hydroxylation is 1. The van der Waals surface area contributed by atoms with Crippen molar-refractivity contribution in [3.63, 3.8) is 0 Å². The molecule has 0 aliphatic heterocycles. The second-order valence-electron chi connectivity index (χ2n) is 7.46. The maximum atomic E-state index is 9.32. The van der Waals surface area contributed by atoms with Crippen LogP contribution in [-0.4, -0.2) is 52.9 Å². The summed E-state index contributed by atoms with van der Waals surface area (Å²) >= 11 is 0. The number of nitrogen functional groups attached to an aromatic ring is 1. The number of rotatable bonds is 10. The van der Waals surface area contributed by atoms with Gasteiger partial charge in [0.05, 0.1) is 47.9 Å². The Morgan fingerprint density at radius 1 is 1.31 bits per heavy atom. The van der Waals surface area contributed by atoms with Gasteiger partial charge in [0, 0.05) is 26.3 Å². The molecule has 0 spiro atoms. The van der Waals surface area contributed by atoms with Crippen LogP contribution in [0.2, 0.25) is 0 Å². The second-order valence-corrected chi connectivity index (χ2v) is 7.46. The van der Waals surface area contributed by atoms with Crippen molar-refractivity contribution in [3.05, 3.63) is 36.4 Å². The summed E-state index contributed by atoms with van der Waals surface area (Å²) in [6.45, 7) is 0.492. The first-order valence-corrected chi connectivity index (χ1v) is 10.4. The molecule has 166 valence electrons. The molecule has 0 radical (unpaired) electrons. The zero-order chi connectivity index (χ0) is 22.5. The van der Waals surface area contributed by atoms with Crippen molar-refractivity contribution in [1.82, 2.24) is 34.6 Å². The molecule has 4 heterocycles. The lowest BCUT2D eigenvalue weighted by Gasteiger charge is -2.14. The number of nitrogens with one attached hydrogen (secondary N) is 1. The number of nitrogens with zero attached hydrogens (tertiary/aromatic N) is 7. The summed E-state index contributed by atoms with van der Waals surface area (Å²) in [5, 5.41) is 33.8. The normalized spacial score (nSPS) is 12.3. The monoisotopic (exact) mass is 435 g/mol. The third-order valence-electron chi connectivity index (χ3n) is 5.33.